The third-order valence-electron chi connectivity index (χ3n) is 3.66. The van der Waals surface area contributed by atoms with E-state index in [0.29, 0.717) is 6.42 Å². The van der Waals surface area contributed by atoms with Crippen molar-refractivity contribution in [2.24, 2.45) is 5.14 Å². The summed E-state index contributed by atoms with van der Waals surface area (Å²) >= 11 is 0. The van der Waals surface area contributed by atoms with Crippen molar-refractivity contribution in [3.8, 4) is 11.8 Å². The largest absolute Gasteiger partial charge is 0.481 e. The van der Waals surface area contributed by atoms with Crippen LogP contribution in [0, 0.1) is 0 Å². The van der Waals surface area contributed by atoms with Gasteiger partial charge in [0, 0.05) is 20.6 Å². The average Bonchev–Trinajstić information content (AvgIpc) is 2.70. The zero-order valence-electron chi connectivity index (χ0n) is 17.8. The number of hydrazine groups is 1. The van der Waals surface area contributed by atoms with Crippen LogP contribution in [-0.4, -0.2) is 74.3 Å². The van der Waals surface area contributed by atoms with E-state index in [-0.39, 0.29) is 35.9 Å². The Hall–Kier alpha value is -3.30. The highest BCUT2D eigenvalue weighted by atomic mass is 32.2. The lowest BCUT2D eigenvalue weighted by atomic mass is 10.4. The number of urea groups is 1. The van der Waals surface area contributed by atoms with E-state index in [2.05, 4.69) is 30.7 Å². The van der Waals surface area contributed by atoms with Crippen LogP contribution in [0.25, 0.3) is 0 Å². The van der Waals surface area contributed by atoms with Crippen LogP contribution in [0.1, 0.15) is 13.3 Å². The third-order valence-corrected chi connectivity index (χ3v) is 4.61. The summed E-state index contributed by atoms with van der Waals surface area (Å²) in [5.74, 6) is -0.0650. The molecule has 2 amide bonds. The smallest absolute Gasteiger partial charge is 0.329 e. The molecule has 14 nitrogen and oxygen atoms in total. The molecule has 0 saturated carbocycles. The van der Waals surface area contributed by atoms with Crippen LogP contribution < -0.4 is 30.3 Å². The fraction of sp³-hybridized carbons (Fsp3) is 0.438. The quantitative estimate of drug-likeness (QED) is 0.442. The molecule has 0 saturated heterocycles. The SMILES string of the molecule is CCCN(C(=O)Nc1nc(OC)cc(OC)n1)c1ncnc(NN(C)C)c1S(N)(=O)=O. The minimum absolute atomic E-state index is 0.0781. The van der Waals surface area contributed by atoms with E-state index < -0.39 is 20.9 Å². The summed E-state index contributed by atoms with van der Waals surface area (Å²) in [6.45, 7) is 1.93. The number of rotatable bonds is 9. The molecule has 15 heteroatoms. The maximum absolute atomic E-state index is 13.0. The number of nitrogens with one attached hydrogen (secondary N) is 2. The van der Waals surface area contributed by atoms with Crippen LogP contribution in [0.3, 0.4) is 0 Å². The van der Waals surface area contributed by atoms with Crippen molar-refractivity contribution in [1.82, 2.24) is 24.9 Å². The monoisotopic (exact) mass is 455 g/mol. The second-order valence-corrected chi connectivity index (χ2v) is 7.78. The fourth-order valence-corrected chi connectivity index (χ4v) is 3.25. The van der Waals surface area contributed by atoms with Crippen molar-refractivity contribution in [3.05, 3.63) is 12.4 Å². The molecule has 0 aliphatic rings. The lowest BCUT2D eigenvalue weighted by Crippen LogP contribution is -2.38. The first-order chi connectivity index (χ1) is 14.6. The first-order valence-corrected chi connectivity index (χ1v) is 10.5. The first kappa shape index (κ1) is 24.0. The number of sulfonamides is 1. The van der Waals surface area contributed by atoms with Gasteiger partial charge in [-0.2, -0.15) is 9.97 Å². The highest BCUT2D eigenvalue weighted by molar-refractivity contribution is 7.89. The van der Waals surface area contributed by atoms with Crippen LogP contribution >= 0.6 is 0 Å². The van der Waals surface area contributed by atoms with Gasteiger partial charge in [-0.15, -0.1) is 0 Å². The minimum Gasteiger partial charge on any atom is -0.481 e. The van der Waals surface area contributed by atoms with Crippen LogP contribution in [0.15, 0.2) is 17.3 Å². The predicted octanol–water partition coefficient (Wildman–Crippen LogP) is 0.268. The molecule has 0 aliphatic heterocycles. The third kappa shape index (κ3) is 6.09. The van der Waals surface area contributed by atoms with Crippen LogP contribution in [0.4, 0.5) is 22.4 Å². The molecule has 31 heavy (non-hydrogen) atoms. The Balaban J connectivity index is 2.52. The molecule has 2 aromatic heterocycles. The highest BCUT2D eigenvalue weighted by Crippen LogP contribution is 2.28. The van der Waals surface area contributed by atoms with Crippen LogP contribution in [-0.2, 0) is 10.0 Å². The van der Waals surface area contributed by atoms with Crippen molar-refractivity contribution in [1.29, 1.82) is 0 Å². The predicted molar refractivity (Wildman–Crippen MR) is 113 cm³/mol. The van der Waals surface area contributed by atoms with Crippen molar-refractivity contribution in [3.63, 3.8) is 0 Å². The summed E-state index contributed by atoms with van der Waals surface area (Å²) in [5.41, 5.74) is 2.74. The van der Waals surface area contributed by atoms with Gasteiger partial charge in [-0.1, -0.05) is 6.92 Å². The highest BCUT2D eigenvalue weighted by Gasteiger charge is 2.29. The van der Waals surface area contributed by atoms with Gasteiger partial charge in [-0.3, -0.25) is 10.2 Å². The molecular weight excluding hydrogens is 430 g/mol. The number of amides is 2. The van der Waals surface area contributed by atoms with E-state index in [1.165, 1.54) is 25.3 Å². The summed E-state index contributed by atoms with van der Waals surface area (Å²) in [4.78, 5) is 29.7. The fourth-order valence-electron chi connectivity index (χ4n) is 2.47. The topological polar surface area (TPSA) is 178 Å². The summed E-state index contributed by atoms with van der Waals surface area (Å²) in [5, 5.41) is 9.38. The van der Waals surface area contributed by atoms with E-state index in [9.17, 15) is 13.2 Å². The lowest BCUT2D eigenvalue weighted by molar-refractivity contribution is 0.256. The van der Waals surface area contributed by atoms with E-state index in [1.54, 1.807) is 14.1 Å². The molecule has 0 atom stereocenters. The number of carbonyl (C=O) groups is 1. The molecule has 0 aliphatic carbocycles. The standard InChI is InChI=1S/C16H25N9O5S/c1-6-7-25(16(26)22-15-20-10(29-4)8-11(21-15)30-5)14-12(31(17,27)28)13(18-9-19-14)23-24(2)3/h8-9H,6-7H2,1-5H3,(H2,17,27,28)(H,18,19,23)(H,20,21,22,26). The zero-order chi connectivity index (χ0) is 23.2. The van der Waals surface area contributed by atoms with E-state index in [0.717, 1.165) is 11.2 Å². The number of methoxy groups -OCH3 is 2. The van der Waals surface area contributed by atoms with Gasteiger partial charge in [0.1, 0.15) is 6.33 Å². The Kier molecular flexibility index (Phi) is 7.84. The number of aromatic nitrogens is 4. The van der Waals surface area contributed by atoms with Gasteiger partial charge in [0.25, 0.3) is 0 Å². The van der Waals surface area contributed by atoms with E-state index >= 15 is 0 Å². The maximum atomic E-state index is 13.0. The summed E-state index contributed by atoms with van der Waals surface area (Å²) in [6, 6.07) is 0.693. The molecule has 0 fully saturated rings. The second-order valence-electron chi connectivity index (χ2n) is 6.28. The average molecular weight is 456 g/mol. The number of anilines is 3. The molecule has 0 bridgehead atoms. The summed E-state index contributed by atoms with van der Waals surface area (Å²) in [7, 11) is 1.76. The Morgan fingerprint density at radius 3 is 2.26 bits per heavy atom. The van der Waals surface area contributed by atoms with Gasteiger partial charge in [-0.05, 0) is 6.42 Å². The number of hydrogen-bond acceptors (Lipinski definition) is 11. The van der Waals surface area contributed by atoms with Crippen molar-refractivity contribution >= 4 is 33.6 Å². The van der Waals surface area contributed by atoms with Crippen LogP contribution in [0.5, 0.6) is 11.8 Å². The summed E-state index contributed by atoms with van der Waals surface area (Å²) in [6.07, 6.45) is 1.61. The van der Waals surface area contributed by atoms with Gasteiger partial charge in [-0.25, -0.2) is 33.3 Å². The normalized spacial score (nSPS) is 11.2. The molecule has 0 unspecified atom stereocenters. The van der Waals surface area contributed by atoms with Gasteiger partial charge in [0.2, 0.25) is 27.7 Å². The number of nitrogens with zero attached hydrogens (tertiary/aromatic N) is 6. The number of ether oxygens (including phenoxy) is 2. The Morgan fingerprint density at radius 2 is 1.77 bits per heavy atom. The van der Waals surface area contributed by atoms with E-state index in [4.69, 9.17) is 14.6 Å². The van der Waals surface area contributed by atoms with Gasteiger partial charge in [0.15, 0.2) is 16.5 Å². The molecular formula is C16H25N9O5S. The summed E-state index contributed by atoms with van der Waals surface area (Å²) < 4.78 is 34.8. The van der Waals surface area contributed by atoms with Gasteiger partial charge < -0.3 is 14.9 Å². The van der Waals surface area contributed by atoms with E-state index in [1.807, 2.05) is 6.92 Å². The molecule has 0 spiro atoms. The second kappa shape index (κ2) is 10.1. The molecule has 4 N–H and O–H groups in total. The molecule has 2 aromatic rings. The lowest BCUT2D eigenvalue weighted by Gasteiger charge is -2.24. The zero-order valence-corrected chi connectivity index (χ0v) is 18.6. The number of carbonyl (C=O) groups excluding carboxylic acids is 1. The Labute approximate surface area is 179 Å². The van der Waals surface area contributed by atoms with Crippen LogP contribution in [0.2, 0.25) is 0 Å². The molecule has 0 radical (unpaired) electrons. The Morgan fingerprint density at radius 1 is 1.16 bits per heavy atom. The van der Waals surface area contributed by atoms with Gasteiger partial charge >= 0.3 is 6.03 Å². The maximum Gasteiger partial charge on any atom is 0.329 e. The molecule has 2 rings (SSSR count). The Bertz CT molecular complexity index is 1010. The van der Waals surface area contributed by atoms with Crippen molar-refractivity contribution in [2.75, 3.05) is 50.5 Å². The molecule has 2 heterocycles. The number of hydrogen-bond donors (Lipinski definition) is 3. The minimum atomic E-state index is -4.31. The van der Waals surface area contributed by atoms with Crippen molar-refractivity contribution in [2.45, 2.75) is 18.2 Å². The molecule has 0 aromatic carbocycles. The first-order valence-electron chi connectivity index (χ1n) is 8.98. The number of nitrogens with two attached hydrogens (primary N) is 1. The molecule has 170 valence electrons. The van der Waals surface area contributed by atoms with Gasteiger partial charge in [0.05, 0.1) is 20.3 Å². The number of primary sulfonamides is 1. The van der Waals surface area contributed by atoms with Crippen molar-refractivity contribution < 1.29 is 22.7 Å².